The summed E-state index contributed by atoms with van der Waals surface area (Å²) in [5, 5.41) is 0. The summed E-state index contributed by atoms with van der Waals surface area (Å²) in [6, 6.07) is 6.64. The van der Waals surface area contributed by atoms with Crippen LogP contribution in [0.5, 0.6) is 0 Å². The standard InChI is InChI=1S/C33H49NO/c1-23-12-17-30-24(22-23)8-7-21-34(30)31(35)11-6-10-26-14-16-28-27-15-13-25-9-4-5-19-32(25,2)29(27)18-20-33(26,28)3/h12,17,22,25-29H,4-11,13-16,18-21H2,1-3H3. The van der Waals surface area contributed by atoms with E-state index in [0.29, 0.717) is 16.7 Å². The lowest BCUT2D eigenvalue weighted by Crippen LogP contribution is -2.52. The minimum atomic E-state index is 0.363. The molecule has 0 N–H and O–H groups in total. The van der Waals surface area contributed by atoms with Crippen LogP contribution in [-0.2, 0) is 11.2 Å². The number of benzene rings is 1. The number of fused-ring (bicyclic) bond motifs is 6. The van der Waals surface area contributed by atoms with Gasteiger partial charge in [-0.05, 0) is 136 Å². The zero-order chi connectivity index (χ0) is 24.2. The Hall–Kier alpha value is -1.31. The SMILES string of the molecule is Cc1ccc2c(c1)CCCN2C(=O)CCCC1CCC2C3CCC4CCCCC4(C)C3CCC12C. The fourth-order valence-corrected chi connectivity index (χ4v) is 10.5. The highest BCUT2D eigenvalue weighted by Gasteiger charge is 2.59. The van der Waals surface area contributed by atoms with Gasteiger partial charge >= 0.3 is 0 Å². The topological polar surface area (TPSA) is 20.3 Å². The van der Waals surface area contributed by atoms with Crippen LogP contribution in [0.1, 0.15) is 115 Å². The summed E-state index contributed by atoms with van der Waals surface area (Å²) >= 11 is 0. The molecule has 4 aliphatic carbocycles. The van der Waals surface area contributed by atoms with Crippen molar-refractivity contribution in [2.45, 2.75) is 117 Å². The monoisotopic (exact) mass is 475 g/mol. The fraction of sp³-hybridized carbons (Fsp3) is 0.788. The molecule has 2 heteroatoms. The molecule has 1 aromatic rings. The van der Waals surface area contributed by atoms with Gasteiger partial charge in [-0.3, -0.25) is 4.79 Å². The fourth-order valence-electron chi connectivity index (χ4n) is 10.5. The third-order valence-electron chi connectivity index (χ3n) is 12.4. The average Bonchev–Trinajstić information content (AvgIpc) is 3.19. The van der Waals surface area contributed by atoms with Crippen LogP contribution in [0.3, 0.4) is 0 Å². The maximum atomic E-state index is 13.3. The van der Waals surface area contributed by atoms with Gasteiger partial charge in [-0.25, -0.2) is 0 Å². The number of nitrogens with zero attached hydrogens (tertiary/aromatic N) is 1. The van der Waals surface area contributed by atoms with E-state index in [1.807, 2.05) is 0 Å². The van der Waals surface area contributed by atoms with Gasteiger partial charge in [0.2, 0.25) is 5.91 Å². The molecule has 0 aromatic heterocycles. The summed E-state index contributed by atoms with van der Waals surface area (Å²) in [6.07, 6.45) is 20.2. The molecule has 7 unspecified atom stereocenters. The van der Waals surface area contributed by atoms with Crippen LogP contribution < -0.4 is 4.90 Å². The van der Waals surface area contributed by atoms with E-state index >= 15 is 0 Å². The molecule has 0 saturated heterocycles. The zero-order valence-electron chi connectivity index (χ0n) is 22.8. The van der Waals surface area contributed by atoms with E-state index in [4.69, 9.17) is 0 Å². The molecule has 1 heterocycles. The first-order valence-electron chi connectivity index (χ1n) is 15.3. The minimum absolute atomic E-state index is 0.363. The number of carbonyl (C=O) groups excluding carboxylic acids is 1. The van der Waals surface area contributed by atoms with Crippen LogP contribution in [0.25, 0.3) is 0 Å². The summed E-state index contributed by atoms with van der Waals surface area (Å²) in [4.78, 5) is 15.4. The summed E-state index contributed by atoms with van der Waals surface area (Å²) in [5.41, 5.74) is 5.05. The van der Waals surface area contributed by atoms with Crippen molar-refractivity contribution >= 4 is 11.6 Å². The molecule has 2 nitrogen and oxygen atoms in total. The van der Waals surface area contributed by atoms with Gasteiger partial charge in [-0.15, -0.1) is 0 Å². The van der Waals surface area contributed by atoms with Crippen LogP contribution in [0.15, 0.2) is 18.2 Å². The van der Waals surface area contributed by atoms with E-state index in [1.54, 1.807) is 0 Å². The molecule has 192 valence electrons. The Labute approximate surface area is 214 Å². The molecule has 4 fully saturated rings. The Morgan fingerprint density at radius 3 is 2.69 bits per heavy atom. The molecule has 1 amide bonds. The van der Waals surface area contributed by atoms with Gasteiger partial charge in [-0.2, -0.15) is 0 Å². The van der Waals surface area contributed by atoms with Crippen LogP contribution in [0, 0.1) is 47.3 Å². The summed E-state index contributed by atoms with van der Waals surface area (Å²) in [6.45, 7) is 8.44. The van der Waals surface area contributed by atoms with Crippen LogP contribution in [-0.4, -0.2) is 12.5 Å². The molecule has 35 heavy (non-hydrogen) atoms. The minimum Gasteiger partial charge on any atom is -0.312 e. The summed E-state index contributed by atoms with van der Waals surface area (Å²) < 4.78 is 0. The highest BCUT2D eigenvalue weighted by Crippen LogP contribution is 2.67. The molecule has 7 atom stereocenters. The molecule has 6 rings (SSSR count). The summed E-state index contributed by atoms with van der Waals surface area (Å²) in [7, 11) is 0. The maximum Gasteiger partial charge on any atom is 0.226 e. The molecule has 1 aromatic carbocycles. The van der Waals surface area contributed by atoms with Crippen molar-refractivity contribution in [2.24, 2.45) is 40.4 Å². The number of hydrogen-bond acceptors (Lipinski definition) is 1. The van der Waals surface area contributed by atoms with Gasteiger partial charge in [0, 0.05) is 18.7 Å². The number of rotatable bonds is 4. The lowest BCUT2D eigenvalue weighted by Gasteiger charge is -2.60. The van der Waals surface area contributed by atoms with Crippen molar-refractivity contribution < 1.29 is 4.79 Å². The largest absolute Gasteiger partial charge is 0.312 e. The molecule has 0 radical (unpaired) electrons. The van der Waals surface area contributed by atoms with Crippen molar-refractivity contribution in [1.82, 2.24) is 0 Å². The smallest absolute Gasteiger partial charge is 0.226 e. The van der Waals surface area contributed by atoms with E-state index in [0.717, 1.165) is 61.8 Å². The Balaban J connectivity index is 1.08. The molecule has 4 saturated carbocycles. The lowest BCUT2D eigenvalue weighted by atomic mass is 9.45. The maximum absolute atomic E-state index is 13.3. The number of hydrogen-bond donors (Lipinski definition) is 0. The highest BCUT2D eigenvalue weighted by molar-refractivity contribution is 5.94. The first-order valence-corrected chi connectivity index (χ1v) is 15.3. The number of aryl methyl sites for hydroxylation is 2. The lowest BCUT2D eigenvalue weighted by molar-refractivity contribution is -0.119. The van der Waals surface area contributed by atoms with Gasteiger partial charge in [0.25, 0.3) is 0 Å². The van der Waals surface area contributed by atoms with Crippen molar-refractivity contribution in [2.75, 3.05) is 11.4 Å². The van der Waals surface area contributed by atoms with Crippen LogP contribution in [0.4, 0.5) is 5.69 Å². The number of carbonyl (C=O) groups is 1. The van der Waals surface area contributed by atoms with Crippen LogP contribution >= 0.6 is 0 Å². The zero-order valence-corrected chi connectivity index (χ0v) is 22.8. The third kappa shape index (κ3) is 4.00. The van der Waals surface area contributed by atoms with Crippen molar-refractivity contribution in [1.29, 1.82) is 0 Å². The second kappa shape index (κ2) is 9.21. The molecule has 1 aliphatic heterocycles. The molecule has 0 bridgehead atoms. The molecular formula is C33H49NO. The third-order valence-corrected chi connectivity index (χ3v) is 12.4. The molecular weight excluding hydrogens is 426 g/mol. The van der Waals surface area contributed by atoms with E-state index in [1.165, 1.54) is 87.4 Å². The predicted octanol–water partition coefficient (Wildman–Crippen LogP) is 8.49. The van der Waals surface area contributed by atoms with Gasteiger partial charge in [0.1, 0.15) is 0 Å². The van der Waals surface area contributed by atoms with Gasteiger partial charge < -0.3 is 4.90 Å². The van der Waals surface area contributed by atoms with E-state index in [-0.39, 0.29) is 0 Å². The Morgan fingerprint density at radius 2 is 1.80 bits per heavy atom. The van der Waals surface area contributed by atoms with Gasteiger partial charge in [0.05, 0.1) is 0 Å². The quantitative estimate of drug-likeness (QED) is 0.427. The molecule has 5 aliphatic rings. The second-order valence-corrected chi connectivity index (χ2v) is 13.9. The first kappa shape index (κ1) is 24.1. The van der Waals surface area contributed by atoms with Crippen molar-refractivity contribution in [3.8, 4) is 0 Å². The second-order valence-electron chi connectivity index (χ2n) is 13.9. The van der Waals surface area contributed by atoms with Gasteiger partial charge in [-0.1, -0.05) is 44.4 Å². The normalized spacial score (nSPS) is 40.4. The van der Waals surface area contributed by atoms with E-state index in [9.17, 15) is 4.79 Å². The number of anilines is 1. The Morgan fingerprint density at radius 1 is 0.943 bits per heavy atom. The highest BCUT2D eigenvalue weighted by atomic mass is 16.2. The van der Waals surface area contributed by atoms with E-state index < -0.39 is 0 Å². The predicted molar refractivity (Wildman–Crippen MR) is 146 cm³/mol. The Bertz CT molecular complexity index is 952. The van der Waals surface area contributed by atoms with E-state index in [2.05, 4.69) is 43.9 Å². The van der Waals surface area contributed by atoms with Crippen molar-refractivity contribution in [3.63, 3.8) is 0 Å². The van der Waals surface area contributed by atoms with Gasteiger partial charge in [0.15, 0.2) is 0 Å². The summed E-state index contributed by atoms with van der Waals surface area (Å²) in [5.74, 6) is 5.18. The number of amides is 1. The van der Waals surface area contributed by atoms with Crippen LogP contribution in [0.2, 0.25) is 0 Å². The van der Waals surface area contributed by atoms with Crippen molar-refractivity contribution in [3.05, 3.63) is 29.3 Å². The molecule has 0 spiro atoms. The average molecular weight is 476 g/mol. The first-order chi connectivity index (χ1) is 16.9. The Kier molecular flexibility index (Phi) is 6.33.